The van der Waals surface area contributed by atoms with Gasteiger partial charge in [0.1, 0.15) is 0 Å². The minimum Gasteiger partial charge on any atom is -0.454 e. The monoisotopic (exact) mass is 492 g/mol. The van der Waals surface area contributed by atoms with Crippen LogP contribution in [0.4, 0.5) is 5.69 Å². The Morgan fingerprint density at radius 1 is 1.09 bits per heavy atom. The smallest absolute Gasteiger partial charge is 0.340 e. The Bertz CT molecular complexity index is 1240. The Labute approximate surface area is 195 Å². The third-order valence-electron chi connectivity index (χ3n) is 4.39. The summed E-state index contributed by atoms with van der Waals surface area (Å²) in [6, 6.07) is 13.1. The van der Waals surface area contributed by atoms with Crippen LogP contribution in [0.2, 0.25) is 10.0 Å². The van der Waals surface area contributed by atoms with Gasteiger partial charge in [-0.3, -0.25) is 9.10 Å². The fourth-order valence-corrected chi connectivity index (χ4v) is 4.59. The van der Waals surface area contributed by atoms with E-state index in [4.69, 9.17) is 27.9 Å². The number of Topliss-reactive ketones (excluding diaryl/α,β-unsaturated/α-hetero) is 1. The molecule has 0 bridgehead atoms. The van der Waals surface area contributed by atoms with Crippen LogP contribution in [0.1, 0.15) is 20.8 Å². The van der Waals surface area contributed by atoms with Gasteiger partial charge >= 0.3 is 5.97 Å². The van der Waals surface area contributed by atoms with E-state index < -0.39 is 28.4 Å². The fourth-order valence-electron chi connectivity index (χ4n) is 2.81. The SMILES string of the molecule is C=CCN(c1ccc(Cl)cc1)S(=O)(=O)c1ccc(Cl)c(C(=O)OCC(=O)c2ccc[nH]2)c1. The molecule has 166 valence electrons. The van der Waals surface area contributed by atoms with Crippen molar-refractivity contribution in [3.05, 3.63) is 94.8 Å². The standard InChI is InChI=1S/C22H18Cl2N2O5S/c1-2-12-26(16-7-5-15(23)6-8-16)32(29,30)17-9-10-19(24)18(13-17)22(28)31-14-21(27)20-4-3-11-25-20/h2-11,13,25H,1,12,14H2. The molecule has 0 unspecified atom stereocenters. The Kier molecular flexibility index (Phi) is 7.40. The molecule has 0 saturated carbocycles. The summed E-state index contributed by atoms with van der Waals surface area (Å²) in [6.45, 7) is 3.07. The lowest BCUT2D eigenvalue weighted by Crippen LogP contribution is -2.31. The number of halogens is 2. The van der Waals surface area contributed by atoms with E-state index >= 15 is 0 Å². The van der Waals surface area contributed by atoms with Crippen LogP contribution < -0.4 is 4.31 Å². The molecule has 3 rings (SSSR count). The lowest BCUT2D eigenvalue weighted by molar-refractivity contribution is 0.0473. The second-order valence-corrected chi connectivity index (χ2v) is 9.23. The molecule has 2 aromatic carbocycles. The Balaban J connectivity index is 1.88. The molecule has 0 aliphatic heterocycles. The first-order chi connectivity index (χ1) is 15.2. The van der Waals surface area contributed by atoms with Crippen LogP contribution in [-0.4, -0.2) is 38.3 Å². The molecule has 0 radical (unpaired) electrons. The number of ketones is 1. The minimum absolute atomic E-state index is 0.0111. The van der Waals surface area contributed by atoms with E-state index in [1.165, 1.54) is 18.2 Å². The number of carbonyl (C=O) groups is 2. The molecule has 0 aliphatic rings. The highest BCUT2D eigenvalue weighted by Crippen LogP contribution is 2.28. The van der Waals surface area contributed by atoms with Gasteiger partial charge in [-0.1, -0.05) is 29.3 Å². The summed E-state index contributed by atoms with van der Waals surface area (Å²) in [7, 11) is -4.09. The van der Waals surface area contributed by atoms with E-state index in [1.54, 1.807) is 42.6 Å². The van der Waals surface area contributed by atoms with Crippen molar-refractivity contribution in [2.24, 2.45) is 0 Å². The van der Waals surface area contributed by atoms with Crippen molar-refractivity contribution in [1.29, 1.82) is 0 Å². The number of aromatic nitrogens is 1. The summed E-state index contributed by atoms with van der Waals surface area (Å²) in [5, 5.41) is 0.443. The normalized spacial score (nSPS) is 11.1. The highest BCUT2D eigenvalue weighted by Gasteiger charge is 2.26. The fraction of sp³-hybridized carbons (Fsp3) is 0.0909. The van der Waals surface area contributed by atoms with Crippen LogP contribution in [0.15, 0.2) is 78.3 Å². The van der Waals surface area contributed by atoms with Crippen LogP contribution in [0.5, 0.6) is 0 Å². The molecule has 0 aliphatic carbocycles. The Morgan fingerprint density at radius 3 is 2.44 bits per heavy atom. The molecule has 0 spiro atoms. The Morgan fingerprint density at radius 2 is 1.81 bits per heavy atom. The van der Waals surface area contributed by atoms with Crippen LogP contribution in [0.25, 0.3) is 0 Å². The molecule has 0 amide bonds. The minimum atomic E-state index is -4.09. The maximum atomic E-state index is 13.3. The highest BCUT2D eigenvalue weighted by molar-refractivity contribution is 7.92. The second kappa shape index (κ2) is 10.0. The largest absolute Gasteiger partial charge is 0.454 e. The molecule has 3 aromatic rings. The first-order valence-electron chi connectivity index (χ1n) is 9.26. The maximum absolute atomic E-state index is 13.3. The quantitative estimate of drug-likeness (QED) is 0.264. The molecule has 0 saturated heterocycles. The van der Waals surface area contributed by atoms with Gasteiger partial charge in [0, 0.05) is 11.2 Å². The predicted molar refractivity (Wildman–Crippen MR) is 123 cm³/mol. The number of benzene rings is 2. The second-order valence-electron chi connectivity index (χ2n) is 6.53. The molecule has 7 nitrogen and oxygen atoms in total. The lowest BCUT2D eigenvalue weighted by Gasteiger charge is -2.23. The third kappa shape index (κ3) is 5.21. The number of nitrogens with one attached hydrogen (secondary N) is 1. The van der Waals surface area contributed by atoms with E-state index in [1.807, 2.05) is 0 Å². The number of rotatable bonds is 9. The topological polar surface area (TPSA) is 96.5 Å². The Hall–Kier alpha value is -3.07. The van der Waals surface area contributed by atoms with E-state index in [0.717, 1.165) is 10.4 Å². The van der Waals surface area contributed by atoms with Crippen molar-refractivity contribution < 1.29 is 22.7 Å². The number of esters is 1. The van der Waals surface area contributed by atoms with Gasteiger partial charge in [-0.05, 0) is 54.6 Å². The average molecular weight is 493 g/mol. The first-order valence-corrected chi connectivity index (χ1v) is 11.5. The van der Waals surface area contributed by atoms with Crippen LogP contribution in [0, 0.1) is 0 Å². The summed E-state index contributed by atoms with van der Waals surface area (Å²) in [5.41, 5.74) is 0.467. The first kappa shape index (κ1) is 23.6. The number of anilines is 1. The van der Waals surface area contributed by atoms with Gasteiger partial charge in [0.15, 0.2) is 6.61 Å². The average Bonchev–Trinajstić information content (AvgIpc) is 3.31. The lowest BCUT2D eigenvalue weighted by atomic mass is 10.2. The van der Waals surface area contributed by atoms with Gasteiger partial charge in [0.05, 0.1) is 33.4 Å². The molecule has 32 heavy (non-hydrogen) atoms. The summed E-state index contributed by atoms with van der Waals surface area (Å²) in [6.07, 6.45) is 3.00. The van der Waals surface area contributed by atoms with E-state index in [9.17, 15) is 18.0 Å². The molecule has 1 aromatic heterocycles. The molecule has 1 heterocycles. The summed E-state index contributed by atoms with van der Waals surface area (Å²) >= 11 is 12.0. The zero-order chi connectivity index (χ0) is 23.3. The van der Waals surface area contributed by atoms with Crippen LogP contribution in [0.3, 0.4) is 0 Å². The molecule has 10 heteroatoms. The van der Waals surface area contributed by atoms with E-state index in [-0.39, 0.29) is 27.7 Å². The molecular formula is C22H18Cl2N2O5S. The van der Waals surface area contributed by atoms with Gasteiger partial charge in [-0.15, -0.1) is 6.58 Å². The zero-order valence-electron chi connectivity index (χ0n) is 16.6. The summed E-state index contributed by atoms with van der Waals surface area (Å²) < 4.78 is 32.8. The molecular weight excluding hydrogens is 475 g/mol. The highest BCUT2D eigenvalue weighted by atomic mass is 35.5. The number of aromatic amines is 1. The number of H-pyrrole nitrogens is 1. The molecule has 0 fully saturated rings. The van der Waals surface area contributed by atoms with Gasteiger partial charge < -0.3 is 9.72 Å². The summed E-state index contributed by atoms with van der Waals surface area (Å²) in [4.78, 5) is 27.1. The van der Waals surface area contributed by atoms with Crippen molar-refractivity contribution in [2.45, 2.75) is 4.90 Å². The van der Waals surface area contributed by atoms with Crippen molar-refractivity contribution >= 4 is 50.7 Å². The van der Waals surface area contributed by atoms with E-state index in [2.05, 4.69) is 11.6 Å². The number of hydrogen-bond acceptors (Lipinski definition) is 5. The number of carbonyl (C=O) groups excluding carboxylic acids is 2. The third-order valence-corrected chi connectivity index (χ3v) is 6.76. The molecule has 1 N–H and O–H groups in total. The number of ether oxygens (including phenoxy) is 1. The number of hydrogen-bond donors (Lipinski definition) is 1. The van der Waals surface area contributed by atoms with Gasteiger partial charge in [0.2, 0.25) is 5.78 Å². The van der Waals surface area contributed by atoms with Gasteiger partial charge in [-0.2, -0.15) is 0 Å². The molecule has 0 atom stereocenters. The van der Waals surface area contributed by atoms with E-state index in [0.29, 0.717) is 10.7 Å². The van der Waals surface area contributed by atoms with Crippen molar-refractivity contribution in [2.75, 3.05) is 17.5 Å². The summed E-state index contributed by atoms with van der Waals surface area (Å²) in [5.74, 6) is -1.36. The van der Waals surface area contributed by atoms with Crippen LogP contribution in [-0.2, 0) is 14.8 Å². The van der Waals surface area contributed by atoms with Gasteiger partial charge in [-0.25, -0.2) is 13.2 Å². The van der Waals surface area contributed by atoms with Crippen molar-refractivity contribution in [3.8, 4) is 0 Å². The number of nitrogens with zero attached hydrogens (tertiary/aromatic N) is 1. The van der Waals surface area contributed by atoms with Crippen LogP contribution >= 0.6 is 23.2 Å². The predicted octanol–water partition coefficient (Wildman–Crippen LogP) is 4.74. The number of sulfonamides is 1. The van der Waals surface area contributed by atoms with Gasteiger partial charge in [0.25, 0.3) is 10.0 Å². The van der Waals surface area contributed by atoms with Crippen molar-refractivity contribution in [1.82, 2.24) is 4.98 Å². The maximum Gasteiger partial charge on any atom is 0.340 e. The van der Waals surface area contributed by atoms with Crippen molar-refractivity contribution in [3.63, 3.8) is 0 Å². The zero-order valence-corrected chi connectivity index (χ0v) is 19.0.